The highest BCUT2D eigenvalue weighted by Crippen LogP contribution is 2.34. The molecule has 0 saturated carbocycles. The minimum atomic E-state index is -3.16. The standard InChI is InChI=1S/C21H28N4O4S/c1-2-30(27,28)24-14-11-16(12-15-24)19-22-23-20(29-19)18-10-6-7-13-25(18)21(26)17-8-4-3-5-9-17/h3-5,8-9,16,18H,2,6-7,10-15H2,1H3/t18-/m0/s1. The van der Waals surface area contributed by atoms with Crippen molar-refractivity contribution < 1.29 is 17.6 Å². The number of amides is 1. The molecule has 1 aromatic carbocycles. The van der Waals surface area contributed by atoms with Crippen molar-refractivity contribution in [1.82, 2.24) is 19.4 Å². The molecule has 1 amide bonds. The summed E-state index contributed by atoms with van der Waals surface area (Å²) >= 11 is 0. The molecule has 8 nitrogen and oxygen atoms in total. The molecular weight excluding hydrogens is 404 g/mol. The molecule has 2 aliphatic rings. The molecule has 2 aliphatic heterocycles. The van der Waals surface area contributed by atoms with Gasteiger partial charge in [0.15, 0.2) is 0 Å². The summed E-state index contributed by atoms with van der Waals surface area (Å²) in [6, 6.07) is 9.06. The summed E-state index contributed by atoms with van der Waals surface area (Å²) in [6.07, 6.45) is 4.10. The van der Waals surface area contributed by atoms with E-state index in [-0.39, 0.29) is 23.6 Å². The third-order valence-electron chi connectivity index (χ3n) is 6.09. The zero-order chi connectivity index (χ0) is 21.1. The maximum absolute atomic E-state index is 13.0. The van der Waals surface area contributed by atoms with Crippen LogP contribution in [0.25, 0.3) is 0 Å². The molecule has 0 unspecified atom stereocenters. The SMILES string of the molecule is CCS(=O)(=O)N1CCC(c2nnc([C@@H]3CCCCN3C(=O)c3ccccc3)o2)CC1. The highest BCUT2D eigenvalue weighted by atomic mass is 32.2. The van der Waals surface area contributed by atoms with E-state index in [1.54, 1.807) is 11.2 Å². The van der Waals surface area contributed by atoms with Crippen molar-refractivity contribution in [1.29, 1.82) is 0 Å². The first kappa shape index (κ1) is 21.0. The van der Waals surface area contributed by atoms with Crippen molar-refractivity contribution in [3.63, 3.8) is 0 Å². The third-order valence-corrected chi connectivity index (χ3v) is 7.97. The average molecular weight is 433 g/mol. The van der Waals surface area contributed by atoms with Crippen molar-refractivity contribution >= 4 is 15.9 Å². The summed E-state index contributed by atoms with van der Waals surface area (Å²) in [4.78, 5) is 14.9. The van der Waals surface area contributed by atoms with Gasteiger partial charge in [0.1, 0.15) is 6.04 Å². The summed E-state index contributed by atoms with van der Waals surface area (Å²) < 4.78 is 31.7. The van der Waals surface area contributed by atoms with E-state index < -0.39 is 10.0 Å². The van der Waals surface area contributed by atoms with Gasteiger partial charge in [-0.3, -0.25) is 4.79 Å². The number of aromatic nitrogens is 2. The quantitative estimate of drug-likeness (QED) is 0.721. The van der Waals surface area contributed by atoms with Crippen LogP contribution in [0.4, 0.5) is 0 Å². The molecule has 2 fully saturated rings. The first-order chi connectivity index (χ1) is 14.5. The van der Waals surface area contributed by atoms with Gasteiger partial charge in [0.25, 0.3) is 5.91 Å². The lowest BCUT2D eigenvalue weighted by molar-refractivity contribution is 0.0568. The normalized spacial score (nSPS) is 21.6. The smallest absolute Gasteiger partial charge is 0.254 e. The van der Waals surface area contributed by atoms with Crippen LogP contribution in [0.5, 0.6) is 0 Å². The van der Waals surface area contributed by atoms with Crippen LogP contribution in [0.2, 0.25) is 0 Å². The molecule has 0 N–H and O–H groups in total. The number of piperidine rings is 2. The van der Waals surface area contributed by atoms with Crippen molar-refractivity contribution in [3.05, 3.63) is 47.7 Å². The van der Waals surface area contributed by atoms with Gasteiger partial charge < -0.3 is 9.32 Å². The van der Waals surface area contributed by atoms with E-state index in [2.05, 4.69) is 10.2 Å². The zero-order valence-corrected chi connectivity index (χ0v) is 18.1. The topological polar surface area (TPSA) is 96.6 Å². The summed E-state index contributed by atoms with van der Waals surface area (Å²) in [6.45, 7) is 3.28. The Hall–Kier alpha value is -2.26. The van der Waals surface area contributed by atoms with E-state index in [0.717, 1.165) is 19.3 Å². The summed E-state index contributed by atoms with van der Waals surface area (Å²) in [5, 5.41) is 8.55. The predicted octanol–water partition coefficient (Wildman–Crippen LogP) is 2.97. The molecule has 2 saturated heterocycles. The van der Waals surface area contributed by atoms with Crippen LogP contribution in [0.3, 0.4) is 0 Å². The Balaban J connectivity index is 1.47. The van der Waals surface area contributed by atoms with Crippen LogP contribution >= 0.6 is 0 Å². The molecule has 3 heterocycles. The van der Waals surface area contributed by atoms with Gasteiger partial charge >= 0.3 is 0 Å². The largest absolute Gasteiger partial charge is 0.423 e. The Labute approximate surface area is 177 Å². The zero-order valence-electron chi connectivity index (χ0n) is 17.2. The Bertz CT molecular complexity index is 968. The molecular formula is C21H28N4O4S. The number of carbonyl (C=O) groups is 1. The van der Waals surface area contributed by atoms with Gasteiger partial charge in [0, 0.05) is 31.1 Å². The number of likely N-dealkylation sites (tertiary alicyclic amines) is 1. The fourth-order valence-electron chi connectivity index (χ4n) is 4.29. The number of rotatable bonds is 5. The number of benzene rings is 1. The van der Waals surface area contributed by atoms with Crippen LogP contribution in [0, 0.1) is 0 Å². The van der Waals surface area contributed by atoms with Crippen molar-refractivity contribution in [2.45, 2.75) is 51.0 Å². The average Bonchev–Trinajstić information content (AvgIpc) is 3.29. The number of carbonyl (C=O) groups excluding carboxylic acids is 1. The molecule has 30 heavy (non-hydrogen) atoms. The summed E-state index contributed by atoms with van der Waals surface area (Å²) in [5.74, 6) is 1.19. The molecule has 0 radical (unpaired) electrons. The van der Waals surface area contributed by atoms with E-state index in [1.165, 1.54) is 0 Å². The second kappa shape index (κ2) is 8.85. The lowest BCUT2D eigenvalue weighted by Gasteiger charge is -2.33. The lowest BCUT2D eigenvalue weighted by Crippen LogP contribution is -2.39. The van der Waals surface area contributed by atoms with E-state index in [1.807, 2.05) is 35.2 Å². The molecule has 0 spiro atoms. The second-order valence-electron chi connectivity index (χ2n) is 7.93. The number of hydrogen-bond acceptors (Lipinski definition) is 6. The van der Waals surface area contributed by atoms with Crippen LogP contribution in [-0.2, 0) is 10.0 Å². The Morgan fingerprint density at radius 2 is 1.73 bits per heavy atom. The van der Waals surface area contributed by atoms with Crippen molar-refractivity contribution in [2.24, 2.45) is 0 Å². The summed E-state index contributed by atoms with van der Waals surface area (Å²) in [5.41, 5.74) is 0.661. The first-order valence-electron chi connectivity index (χ1n) is 10.7. The molecule has 0 bridgehead atoms. The van der Waals surface area contributed by atoms with E-state index in [4.69, 9.17) is 4.42 Å². The van der Waals surface area contributed by atoms with Crippen molar-refractivity contribution in [2.75, 3.05) is 25.4 Å². The number of nitrogens with zero attached hydrogens (tertiary/aromatic N) is 4. The second-order valence-corrected chi connectivity index (χ2v) is 10.2. The van der Waals surface area contributed by atoms with Crippen LogP contribution in [0.15, 0.2) is 34.7 Å². The number of sulfonamides is 1. The third kappa shape index (κ3) is 4.27. The van der Waals surface area contributed by atoms with Gasteiger partial charge in [-0.25, -0.2) is 12.7 Å². The molecule has 9 heteroatoms. The number of hydrogen-bond donors (Lipinski definition) is 0. The van der Waals surface area contributed by atoms with Gasteiger partial charge in [-0.1, -0.05) is 18.2 Å². The Morgan fingerprint density at radius 3 is 2.43 bits per heavy atom. The summed E-state index contributed by atoms with van der Waals surface area (Å²) in [7, 11) is -3.16. The monoisotopic (exact) mass is 432 g/mol. The van der Waals surface area contributed by atoms with Crippen LogP contribution < -0.4 is 0 Å². The highest BCUT2D eigenvalue weighted by Gasteiger charge is 2.34. The van der Waals surface area contributed by atoms with Gasteiger partial charge in [-0.15, -0.1) is 10.2 Å². The van der Waals surface area contributed by atoms with Gasteiger partial charge in [0.05, 0.1) is 5.75 Å². The minimum absolute atomic E-state index is 0.0156. The molecule has 2 aromatic rings. The van der Waals surface area contributed by atoms with Gasteiger partial charge in [0.2, 0.25) is 21.8 Å². The molecule has 1 aromatic heterocycles. The van der Waals surface area contributed by atoms with Gasteiger partial charge in [-0.05, 0) is 51.2 Å². The van der Waals surface area contributed by atoms with E-state index in [0.29, 0.717) is 49.8 Å². The fourth-order valence-corrected chi connectivity index (χ4v) is 5.42. The molecule has 4 rings (SSSR count). The fraction of sp³-hybridized carbons (Fsp3) is 0.571. The van der Waals surface area contributed by atoms with Crippen molar-refractivity contribution in [3.8, 4) is 0 Å². The highest BCUT2D eigenvalue weighted by molar-refractivity contribution is 7.89. The molecule has 162 valence electrons. The van der Waals surface area contributed by atoms with Crippen LogP contribution in [-0.4, -0.2) is 59.1 Å². The molecule has 1 atom stereocenters. The maximum Gasteiger partial charge on any atom is 0.254 e. The van der Waals surface area contributed by atoms with E-state index in [9.17, 15) is 13.2 Å². The van der Waals surface area contributed by atoms with Crippen LogP contribution in [0.1, 0.15) is 73.1 Å². The maximum atomic E-state index is 13.0. The van der Waals surface area contributed by atoms with Gasteiger partial charge in [-0.2, -0.15) is 0 Å². The first-order valence-corrected chi connectivity index (χ1v) is 12.3. The Kier molecular flexibility index (Phi) is 6.19. The lowest BCUT2D eigenvalue weighted by atomic mass is 9.98. The Morgan fingerprint density at radius 1 is 1.03 bits per heavy atom. The molecule has 0 aliphatic carbocycles. The predicted molar refractivity (Wildman–Crippen MR) is 111 cm³/mol. The van der Waals surface area contributed by atoms with E-state index >= 15 is 0 Å². The minimum Gasteiger partial charge on any atom is -0.423 e.